The number of hydrogen-bond donors (Lipinski definition) is 2. The Hall–Kier alpha value is -2.68. The van der Waals surface area contributed by atoms with Gasteiger partial charge in [0.1, 0.15) is 0 Å². The smallest absolute Gasteiger partial charge is 0.374 e. The molecule has 2 heterocycles. The third-order valence-corrected chi connectivity index (χ3v) is 4.44. The Kier molecular flexibility index (Phi) is 6.04. The summed E-state index contributed by atoms with van der Waals surface area (Å²) in [6.07, 6.45) is 0.100. The van der Waals surface area contributed by atoms with Crippen LogP contribution in [0.2, 0.25) is 0 Å². The summed E-state index contributed by atoms with van der Waals surface area (Å²) in [7, 11) is -8.15. The van der Waals surface area contributed by atoms with Crippen molar-refractivity contribution in [3.63, 3.8) is 0 Å². The molecule has 0 amide bonds. The summed E-state index contributed by atoms with van der Waals surface area (Å²) in [5, 5.41) is 8.52. The maximum Gasteiger partial charge on any atom is 0.374 e. The van der Waals surface area contributed by atoms with Gasteiger partial charge >= 0.3 is 11.9 Å². The van der Waals surface area contributed by atoms with Crippen molar-refractivity contribution in [2.45, 2.75) is 16.6 Å². The topological polar surface area (TPSA) is 199 Å². The van der Waals surface area contributed by atoms with Gasteiger partial charge in [0.15, 0.2) is 0 Å². The van der Waals surface area contributed by atoms with Crippen molar-refractivity contribution in [3.8, 4) is 0 Å². The van der Waals surface area contributed by atoms with E-state index < -0.39 is 42.2 Å². The van der Waals surface area contributed by atoms with Gasteiger partial charge in [0, 0.05) is 6.42 Å². The Labute approximate surface area is 153 Å². The average molecular weight is 422 g/mol. The van der Waals surface area contributed by atoms with E-state index in [-0.39, 0.29) is 31.2 Å². The van der Waals surface area contributed by atoms with Gasteiger partial charge in [0.05, 0.1) is 13.2 Å². The number of esters is 2. The Morgan fingerprint density at radius 2 is 1.15 bits per heavy atom. The summed E-state index contributed by atoms with van der Waals surface area (Å²) in [4.78, 5) is 23.3. The van der Waals surface area contributed by atoms with Gasteiger partial charge in [-0.05, 0) is 24.3 Å². The molecule has 0 atom stereocenters. The third kappa shape index (κ3) is 5.65. The molecule has 0 unspecified atom stereocenters. The maximum atomic E-state index is 11.7. The van der Waals surface area contributed by atoms with Crippen LogP contribution in [0.4, 0.5) is 0 Å². The zero-order valence-corrected chi connectivity index (χ0v) is 15.1. The number of carbonyl (C=O) groups excluding carboxylic acids is 2. The molecule has 0 spiro atoms. The fourth-order valence-electron chi connectivity index (χ4n) is 1.70. The summed E-state index contributed by atoms with van der Waals surface area (Å²) in [6.45, 7) is -0.337. The molecule has 0 saturated carbocycles. The summed E-state index contributed by atoms with van der Waals surface area (Å²) < 4.78 is 63.3. The molecule has 12 nitrogen and oxygen atoms in total. The molecular formula is C13H14N2O10S2. The van der Waals surface area contributed by atoms with Gasteiger partial charge in [-0.15, -0.1) is 0 Å². The van der Waals surface area contributed by atoms with Crippen LogP contribution >= 0.6 is 0 Å². The third-order valence-electron chi connectivity index (χ3n) is 2.88. The first-order valence-electron chi connectivity index (χ1n) is 7.08. The van der Waals surface area contributed by atoms with Gasteiger partial charge in [-0.1, -0.05) is 0 Å². The lowest BCUT2D eigenvalue weighted by Gasteiger charge is -2.04. The molecule has 27 heavy (non-hydrogen) atoms. The van der Waals surface area contributed by atoms with E-state index in [4.69, 9.17) is 28.6 Å². The molecule has 2 aromatic rings. The molecule has 2 aromatic heterocycles. The van der Waals surface area contributed by atoms with Crippen LogP contribution in [0.3, 0.4) is 0 Å². The van der Waals surface area contributed by atoms with Crippen molar-refractivity contribution < 1.29 is 44.7 Å². The van der Waals surface area contributed by atoms with Crippen LogP contribution < -0.4 is 10.3 Å². The largest absolute Gasteiger partial charge is 0.460 e. The molecule has 4 N–H and O–H groups in total. The molecule has 0 aliphatic carbocycles. The normalized spacial score (nSPS) is 11.9. The first-order valence-corrected chi connectivity index (χ1v) is 10.2. The maximum absolute atomic E-state index is 11.7. The van der Waals surface area contributed by atoms with Crippen molar-refractivity contribution in [2.24, 2.45) is 10.3 Å². The number of primary sulfonamides is 2. The summed E-state index contributed by atoms with van der Waals surface area (Å²) in [5.74, 6) is -2.58. The number of ether oxygens (including phenoxy) is 2. The number of rotatable bonds is 8. The summed E-state index contributed by atoms with van der Waals surface area (Å²) in [5.41, 5.74) is 0. The number of sulfonamides is 2. The minimum Gasteiger partial charge on any atom is -0.460 e. The number of nitrogens with two attached hydrogens (primary N) is 2. The Bertz CT molecular complexity index is 964. The van der Waals surface area contributed by atoms with Crippen LogP contribution in [0.25, 0.3) is 0 Å². The number of hydrogen-bond acceptors (Lipinski definition) is 10. The first kappa shape index (κ1) is 20.6. The van der Waals surface area contributed by atoms with Gasteiger partial charge < -0.3 is 18.3 Å². The highest BCUT2D eigenvalue weighted by Crippen LogP contribution is 2.14. The molecule has 148 valence electrons. The van der Waals surface area contributed by atoms with Gasteiger partial charge in [-0.25, -0.2) is 36.7 Å². The van der Waals surface area contributed by atoms with E-state index in [2.05, 4.69) is 0 Å². The average Bonchev–Trinajstić information content (AvgIpc) is 3.22. The highest BCUT2D eigenvalue weighted by molar-refractivity contribution is 7.89. The van der Waals surface area contributed by atoms with Crippen molar-refractivity contribution >= 4 is 32.0 Å². The molecule has 0 aliphatic rings. The zero-order chi connectivity index (χ0) is 20.2. The van der Waals surface area contributed by atoms with E-state index in [0.717, 1.165) is 24.3 Å². The van der Waals surface area contributed by atoms with Crippen molar-refractivity contribution in [2.75, 3.05) is 13.2 Å². The summed E-state index contributed by atoms with van der Waals surface area (Å²) in [6, 6.07) is 4.18. The van der Waals surface area contributed by atoms with Gasteiger partial charge in [-0.3, -0.25) is 0 Å². The van der Waals surface area contributed by atoms with Gasteiger partial charge in [0.2, 0.25) is 21.7 Å². The van der Waals surface area contributed by atoms with E-state index in [0.29, 0.717) is 0 Å². The molecule has 0 aromatic carbocycles. The lowest BCUT2D eigenvalue weighted by atomic mass is 10.4. The van der Waals surface area contributed by atoms with Crippen LogP contribution in [-0.2, 0) is 29.5 Å². The van der Waals surface area contributed by atoms with E-state index in [1.165, 1.54) is 0 Å². The van der Waals surface area contributed by atoms with Crippen molar-refractivity contribution in [1.82, 2.24) is 0 Å². The van der Waals surface area contributed by atoms with Crippen LogP contribution in [0.1, 0.15) is 27.5 Å². The zero-order valence-electron chi connectivity index (χ0n) is 13.5. The predicted octanol–water partition coefficient (Wildman–Crippen LogP) is -0.429. The van der Waals surface area contributed by atoms with Crippen LogP contribution in [0, 0.1) is 0 Å². The second-order valence-electron chi connectivity index (χ2n) is 4.95. The van der Waals surface area contributed by atoms with Gasteiger partial charge in [-0.2, -0.15) is 0 Å². The second-order valence-corrected chi connectivity index (χ2v) is 7.94. The first-order chi connectivity index (χ1) is 12.5. The fourth-order valence-corrected chi connectivity index (χ4v) is 2.62. The molecule has 0 aliphatic heterocycles. The fraction of sp³-hybridized carbons (Fsp3) is 0.231. The Morgan fingerprint density at radius 1 is 0.778 bits per heavy atom. The molecule has 2 rings (SSSR count). The predicted molar refractivity (Wildman–Crippen MR) is 85.3 cm³/mol. The Morgan fingerprint density at radius 3 is 1.44 bits per heavy atom. The molecular weight excluding hydrogens is 408 g/mol. The summed E-state index contributed by atoms with van der Waals surface area (Å²) >= 11 is 0. The van der Waals surface area contributed by atoms with E-state index in [1.54, 1.807) is 0 Å². The highest BCUT2D eigenvalue weighted by atomic mass is 32.2. The van der Waals surface area contributed by atoms with Gasteiger partial charge in [0.25, 0.3) is 20.0 Å². The van der Waals surface area contributed by atoms with Crippen molar-refractivity contribution in [3.05, 3.63) is 35.8 Å². The minimum atomic E-state index is -4.07. The second kappa shape index (κ2) is 7.91. The molecule has 0 radical (unpaired) electrons. The monoisotopic (exact) mass is 422 g/mol. The van der Waals surface area contributed by atoms with E-state index in [9.17, 15) is 26.4 Å². The number of furan rings is 2. The lowest BCUT2D eigenvalue weighted by molar-refractivity contribution is 0.0353. The van der Waals surface area contributed by atoms with E-state index in [1.807, 2.05) is 0 Å². The lowest BCUT2D eigenvalue weighted by Crippen LogP contribution is -2.12. The van der Waals surface area contributed by atoms with Crippen LogP contribution in [-0.4, -0.2) is 42.0 Å². The standard InChI is InChI=1S/C13H14N2O10S2/c14-26(18,19)10-4-2-8(24-10)12(16)22-6-1-7-23-13(17)9-3-5-11(25-9)27(15,20)21/h2-5H,1,6-7H2,(H2,14,18,19)(H2,15,20,21). The highest BCUT2D eigenvalue weighted by Gasteiger charge is 2.20. The quantitative estimate of drug-likeness (QED) is 0.415. The van der Waals surface area contributed by atoms with Crippen molar-refractivity contribution in [1.29, 1.82) is 0 Å². The molecule has 14 heteroatoms. The molecule has 0 saturated heterocycles. The SMILES string of the molecule is NS(=O)(=O)c1ccc(C(=O)OCCCOC(=O)c2ccc(S(N)(=O)=O)o2)o1. The molecule has 0 bridgehead atoms. The van der Waals surface area contributed by atoms with E-state index >= 15 is 0 Å². The number of carbonyl (C=O) groups is 2. The Balaban J connectivity index is 1.75. The van der Waals surface area contributed by atoms with Crippen LogP contribution in [0.15, 0.2) is 43.3 Å². The molecule has 0 fully saturated rings. The minimum absolute atomic E-state index is 0.100. The van der Waals surface area contributed by atoms with Crippen LogP contribution in [0.5, 0.6) is 0 Å².